The summed E-state index contributed by atoms with van der Waals surface area (Å²) in [7, 11) is 0. The third-order valence-corrected chi connectivity index (χ3v) is 5.42. The number of piperidine rings is 1. The maximum Gasteiger partial charge on any atom is 0.252 e. The van der Waals surface area contributed by atoms with Crippen LogP contribution in [0.1, 0.15) is 40.2 Å². The van der Waals surface area contributed by atoms with E-state index in [9.17, 15) is 4.79 Å². The number of nitrogens with two attached hydrogens (primary N) is 1. The van der Waals surface area contributed by atoms with Crippen LogP contribution >= 0.6 is 0 Å². The monoisotopic (exact) mass is 413 g/mol. The van der Waals surface area contributed by atoms with Crippen LogP contribution in [0.3, 0.4) is 0 Å². The third-order valence-electron chi connectivity index (χ3n) is 5.42. The first kappa shape index (κ1) is 20.3. The van der Waals surface area contributed by atoms with Crippen molar-refractivity contribution in [3.05, 3.63) is 77.6 Å². The van der Waals surface area contributed by atoms with Gasteiger partial charge in [0.15, 0.2) is 0 Å². The molecule has 0 unspecified atom stereocenters. The highest BCUT2D eigenvalue weighted by Gasteiger charge is 2.21. The van der Waals surface area contributed by atoms with Gasteiger partial charge in [-0.25, -0.2) is 0 Å². The Morgan fingerprint density at radius 3 is 2.55 bits per heavy atom. The molecule has 8 heteroatoms. The van der Waals surface area contributed by atoms with E-state index in [2.05, 4.69) is 31.2 Å². The average molecular weight is 413 g/mol. The van der Waals surface area contributed by atoms with Crippen molar-refractivity contribution >= 4 is 17.3 Å². The summed E-state index contributed by atoms with van der Waals surface area (Å²) in [4.78, 5) is 27.0. The van der Waals surface area contributed by atoms with Crippen LogP contribution in [0.4, 0.5) is 11.4 Å². The van der Waals surface area contributed by atoms with E-state index in [0.29, 0.717) is 23.2 Å². The minimum Gasteiger partial charge on any atom is -0.381 e. The van der Waals surface area contributed by atoms with E-state index in [-0.39, 0.29) is 6.04 Å². The molecule has 0 aliphatic carbocycles. The van der Waals surface area contributed by atoms with Crippen LogP contribution < -0.4 is 16.0 Å². The van der Waals surface area contributed by atoms with Crippen molar-refractivity contribution in [3.63, 3.8) is 0 Å². The lowest BCUT2D eigenvalue weighted by Gasteiger charge is -2.34. The molecule has 1 aromatic carbocycles. The summed E-state index contributed by atoms with van der Waals surface area (Å²) in [6, 6.07) is 11.9. The number of amides is 1. The summed E-state index contributed by atoms with van der Waals surface area (Å²) in [5.74, 6) is -0.504. The fraction of sp³-hybridized carbons (Fsp3) is 0.261. The molecule has 0 saturated carbocycles. The van der Waals surface area contributed by atoms with Crippen molar-refractivity contribution in [1.29, 1.82) is 5.26 Å². The largest absolute Gasteiger partial charge is 0.381 e. The summed E-state index contributed by atoms with van der Waals surface area (Å²) in [6.07, 6.45) is 8.87. The molecule has 8 nitrogen and oxygen atoms in total. The SMILES string of the molecule is N#Cc1ccc(N2CCC(Nc3cc(Cc4cnccn4)ncc3C(N)=O)CC2)cc1. The molecule has 1 aliphatic heterocycles. The number of aromatic nitrogens is 3. The molecule has 1 fully saturated rings. The number of hydrogen-bond donors (Lipinski definition) is 2. The van der Waals surface area contributed by atoms with Crippen molar-refractivity contribution in [2.75, 3.05) is 23.3 Å². The lowest BCUT2D eigenvalue weighted by atomic mass is 10.0. The van der Waals surface area contributed by atoms with Gasteiger partial charge in [-0.15, -0.1) is 0 Å². The average Bonchev–Trinajstić information content (AvgIpc) is 2.80. The van der Waals surface area contributed by atoms with Crippen molar-refractivity contribution in [2.24, 2.45) is 5.73 Å². The highest BCUT2D eigenvalue weighted by Crippen LogP contribution is 2.24. The predicted octanol–water partition coefficient (Wildman–Crippen LogP) is 2.51. The topological polar surface area (TPSA) is 121 Å². The smallest absolute Gasteiger partial charge is 0.252 e. The molecule has 1 aliphatic rings. The van der Waals surface area contributed by atoms with E-state index >= 15 is 0 Å². The molecule has 0 atom stereocenters. The van der Waals surface area contributed by atoms with Crippen molar-refractivity contribution in [1.82, 2.24) is 15.0 Å². The van der Waals surface area contributed by atoms with E-state index in [1.54, 1.807) is 18.6 Å². The molecule has 3 N–H and O–H groups in total. The van der Waals surface area contributed by atoms with Crippen LogP contribution in [0, 0.1) is 11.3 Å². The number of carbonyl (C=O) groups is 1. The molecule has 1 saturated heterocycles. The highest BCUT2D eigenvalue weighted by molar-refractivity contribution is 5.98. The standard InChI is InChI=1S/C23H23N7O/c24-13-16-1-3-20(4-2-16)30-9-5-17(6-10-30)29-22-12-18(28-15-21(22)23(25)31)11-19-14-26-7-8-27-19/h1-4,7-8,12,14-15,17H,5-6,9-11H2,(H2,25,31)(H,28,29). The normalized spacial score (nSPS) is 14.1. The first-order valence-corrected chi connectivity index (χ1v) is 10.2. The zero-order valence-corrected chi connectivity index (χ0v) is 17.0. The lowest BCUT2D eigenvalue weighted by Crippen LogP contribution is -2.39. The zero-order chi connectivity index (χ0) is 21.6. The number of nitrogens with zero attached hydrogens (tertiary/aromatic N) is 5. The molecule has 156 valence electrons. The van der Waals surface area contributed by atoms with Gasteiger partial charge in [0.05, 0.1) is 28.6 Å². The number of rotatable bonds is 6. The highest BCUT2D eigenvalue weighted by atomic mass is 16.1. The maximum absolute atomic E-state index is 11.9. The number of primary amides is 1. The summed E-state index contributed by atoms with van der Waals surface area (Å²) < 4.78 is 0. The summed E-state index contributed by atoms with van der Waals surface area (Å²) in [5, 5.41) is 12.5. The molecule has 2 aromatic heterocycles. The number of carbonyl (C=O) groups excluding carboxylic acids is 1. The van der Waals surface area contributed by atoms with Crippen LogP contribution in [0.15, 0.2) is 55.1 Å². The number of benzene rings is 1. The quantitative estimate of drug-likeness (QED) is 0.637. The van der Waals surface area contributed by atoms with E-state index in [1.807, 2.05) is 30.3 Å². The van der Waals surface area contributed by atoms with Gasteiger partial charge in [-0.3, -0.25) is 19.7 Å². The number of nitrogens with one attached hydrogen (secondary N) is 1. The van der Waals surface area contributed by atoms with Gasteiger partial charge >= 0.3 is 0 Å². The Balaban J connectivity index is 1.43. The number of pyridine rings is 1. The van der Waals surface area contributed by atoms with Crippen LogP contribution in [0.25, 0.3) is 0 Å². The molecule has 31 heavy (non-hydrogen) atoms. The maximum atomic E-state index is 11.9. The Kier molecular flexibility index (Phi) is 6.03. The van der Waals surface area contributed by atoms with Crippen molar-refractivity contribution in [3.8, 4) is 6.07 Å². The summed E-state index contributed by atoms with van der Waals surface area (Å²) in [6.45, 7) is 1.76. The minimum atomic E-state index is -0.504. The van der Waals surface area contributed by atoms with E-state index < -0.39 is 5.91 Å². The Bertz CT molecular complexity index is 1090. The summed E-state index contributed by atoms with van der Waals surface area (Å²) in [5.41, 5.74) is 10.0. The Morgan fingerprint density at radius 1 is 1.13 bits per heavy atom. The minimum absolute atomic E-state index is 0.222. The molecule has 0 bridgehead atoms. The molecule has 3 aromatic rings. The zero-order valence-electron chi connectivity index (χ0n) is 17.0. The number of anilines is 2. The van der Waals surface area contributed by atoms with Crippen LogP contribution in [-0.4, -0.2) is 40.0 Å². The Morgan fingerprint density at radius 2 is 1.90 bits per heavy atom. The first-order valence-electron chi connectivity index (χ1n) is 10.2. The Labute approximate surface area is 180 Å². The van der Waals surface area contributed by atoms with Gasteiger partial charge in [-0.05, 0) is 43.2 Å². The molecule has 4 rings (SSSR count). The summed E-state index contributed by atoms with van der Waals surface area (Å²) >= 11 is 0. The Hall–Kier alpha value is -3.99. The van der Waals surface area contributed by atoms with Crippen LogP contribution in [0.5, 0.6) is 0 Å². The van der Waals surface area contributed by atoms with E-state index in [1.165, 1.54) is 6.20 Å². The van der Waals surface area contributed by atoms with Gasteiger partial charge in [0.25, 0.3) is 5.91 Å². The first-order chi connectivity index (χ1) is 15.1. The third kappa shape index (κ3) is 4.95. The second-order valence-corrected chi connectivity index (χ2v) is 7.52. The number of hydrogen-bond acceptors (Lipinski definition) is 7. The van der Waals surface area contributed by atoms with Crippen molar-refractivity contribution < 1.29 is 4.79 Å². The lowest BCUT2D eigenvalue weighted by molar-refractivity contribution is 0.100. The van der Waals surface area contributed by atoms with E-state index in [0.717, 1.165) is 43.0 Å². The fourth-order valence-corrected chi connectivity index (χ4v) is 3.77. The fourth-order valence-electron chi connectivity index (χ4n) is 3.77. The van der Waals surface area contributed by atoms with Crippen molar-refractivity contribution in [2.45, 2.75) is 25.3 Å². The second kappa shape index (κ2) is 9.22. The van der Waals surface area contributed by atoms with Crippen LogP contribution in [0.2, 0.25) is 0 Å². The van der Waals surface area contributed by atoms with Gasteiger partial charge in [0.1, 0.15) is 0 Å². The molecular weight excluding hydrogens is 390 g/mol. The molecular formula is C23H23N7O. The molecule has 1 amide bonds. The van der Waals surface area contributed by atoms with Gasteiger partial charge in [0, 0.05) is 61.7 Å². The van der Waals surface area contributed by atoms with Crippen LogP contribution in [-0.2, 0) is 6.42 Å². The number of nitriles is 1. The second-order valence-electron chi connectivity index (χ2n) is 7.52. The van der Waals surface area contributed by atoms with Gasteiger partial charge in [-0.1, -0.05) is 0 Å². The van der Waals surface area contributed by atoms with Gasteiger partial charge in [-0.2, -0.15) is 5.26 Å². The molecule has 3 heterocycles. The predicted molar refractivity (Wildman–Crippen MR) is 118 cm³/mol. The molecule has 0 radical (unpaired) electrons. The van der Waals surface area contributed by atoms with Gasteiger partial charge < -0.3 is 16.0 Å². The van der Waals surface area contributed by atoms with E-state index in [4.69, 9.17) is 11.0 Å². The van der Waals surface area contributed by atoms with Gasteiger partial charge in [0.2, 0.25) is 0 Å². The molecule has 0 spiro atoms.